The first-order chi connectivity index (χ1) is 11.5. The average Bonchev–Trinajstić information content (AvgIpc) is 2.51. The van der Waals surface area contributed by atoms with Crippen molar-refractivity contribution in [2.45, 2.75) is 18.9 Å². The lowest BCUT2D eigenvalue weighted by atomic mass is 9.94. The third-order valence-electron chi connectivity index (χ3n) is 3.27. The van der Waals surface area contributed by atoms with Crippen LogP contribution >= 0.6 is 0 Å². The number of hydrogen-bond donors (Lipinski definition) is 6. The Balaban J connectivity index is 0.000000271. The van der Waals surface area contributed by atoms with Crippen LogP contribution in [0.15, 0.2) is 42.5 Å². The largest absolute Gasteiger partial charge is 0.507 e. The molecular weight excluding hydrogens is 328 g/mol. The van der Waals surface area contributed by atoms with Gasteiger partial charge in [0.05, 0.1) is 5.56 Å². The van der Waals surface area contributed by atoms with E-state index in [0.717, 1.165) is 0 Å². The van der Waals surface area contributed by atoms with Crippen LogP contribution in [0.3, 0.4) is 0 Å². The summed E-state index contributed by atoms with van der Waals surface area (Å²) in [5, 5.41) is 36.0. The molecule has 0 aliphatic carbocycles. The molecule has 2 rings (SSSR count). The van der Waals surface area contributed by atoms with E-state index in [1.165, 1.54) is 37.3 Å². The Kier molecular flexibility index (Phi) is 6.35. The van der Waals surface area contributed by atoms with Gasteiger partial charge >= 0.3 is 5.97 Å². The van der Waals surface area contributed by atoms with Crippen molar-refractivity contribution in [3.8, 4) is 17.2 Å². The van der Waals surface area contributed by atoms with Crippen LogP contribution in [0, 0.1) is 0 Å². The minimum Gasteiger partial charge on any atom is -0.507 e. The van der Waals surface area contributed by atoms with Gasteiger partial charge in [0, 0.05) is 6.42 Å². The third kappa shape index (κ3) is 5.70. The van der Waals surface area contributed by atoms with Crippen molar-refractivity contribution in [3.05, 3.63) is 53.6 Å². The number of carbonyl (C=O) groups is 2. The van der Waals surface area contributed by atoms with Crippen LogP contribution in [0.2, 0.25) is 0 Å². The number of primary amides is 1. The average molecular weight is 348 g/mol. The van der Waals surface area contributed by atoms with Crippen molar-refractivity contribution < 1.29 is 30.0 Å². The molecule has 8 heteroatoms. The maximum absolute atomic E-state index is 10.7. The standard InChI is InChI=1S/C10H13NO4.C7H7NO2/c1-10(11,9(14)15)5-6-2-3-7(12)8(13)4-6;8-7(10)5-3-1-2-4-6(5)9/h2-4,12-13H,5,11H2,1H3,(H,14,15);1-4,9H,(H2,8,10)/t10-;/m0./s1. The Morgan fingerprint density at radius 1 is 1.00 bits per heavy atom. The first-order valence-corrected chi connectivity index (χ1v) is 7.15. The molecule has 0 heterocycles. The molecule has 0 spiro atoms. The molecule has 0 saturated heterocycles. The Labute approximate surface area is 143 Å². The molecular formula is C17H20N2O6. The lowest BCUT2D eigenvalue weighted by Gasteiger charge is -2.19. The second kappa shape index (κ2) is 8.02. The zero-order valence-corrected chi connectivity index (χ0v) is 13.5. The second-order valence-corrected chi connectivity index (χ2v) is 5.60. The Morgan fingerprint density at radius 3 is 2.04 bits per heavy atom. The second-order valence-electron chi connectivity index (χ2n) is 5.60. The van der Waals surface area contributed by atoms with Gasteiger partial charge in [-0.15, -0.1) is 0 Å². The van der Waals surface area contributed by atoms with E-state index in [2.05, 4.69) is 0 Å². The highest BCUT2D eigenvalue weighted by atomic mass is 16.4. The zero-order valence-electron chi connectivity index (χ0n) is 13.5. The number of benzene rings is 2. The normalized spacial score (nSPS) is 12.4. The highest BCUT2D eigenvalue weighted by molar-refractivity contribution is 5.95. The highest BCUT2D eigenvalue weighted by Gasteiger charge is 2.28. The number of phenols is 3. The summed E-state index contributed by atoms with van der Waals surface area (Å²) in [7, 11) is 0. The van der Waals surface area contributed by atoms with Gasteiger partial charge in [0.2, 0.25) is 0 Å². The summed E-state index contributed by atoms with van der Waals surface area (Å²) < 4.78 is 0. The number of phenolic OH excluding ortho intramolecular Hbond substituents is 2. The molecule has 1 amide bonds. The summed E-state index contributed by atoms with van der Waals surface area (Å²) >= 11 is 0. The van der Waals surface area contributed by atoms with Gasteiger partial charge in [-0.05, 0) is 36.8 Å². The SMILES string of the molecule is C[C@](N)(Cc1ccc(O)c(O)c1)C(=O)O.NC(=O)c1ccccc1O. The molecule has 25 heavy (non-hydrogen) atoms. The van der Waals surface area contributed by atoms with Gasteiger partial charge < -0.3 is 31.9 Å². The van der Waals surface area contributed by atoms with Gasteiger partial charge in [-0.2, -0.15) is 0 Å². The minimum absolute atomic E-state index is 0.0741. The summed E-state index contributed by atoms with van der Waals surface area (Å²) in [4.78, 5) is 21.2. The van der Waals surface area contributed by atoms with Gasteiger partial charge in [0.15, 0.2) is 11.5 Å². The van der Waals surface area contributed by atoms with Crippen molar-refractivity contribution in [2.24, 2.45) is 11.5 Å². The van der Waals surface area contributed by atoms with E-state index in [4.69, 9.17) is 26.8 Å². The van der Waals surface area contributed by atoms with Crippen molar-refractivity contribution in [2.75, 3.05) is 0 Å². The first kappa shape index (κ1) is 19.8. The van der Waals surface area contributed by atoms with Crippen molar-refractivity contribution in [1.82, 2.24) is 0 Å². The fraction of sp³-hybridized carbons (Fsp3) is 0.176. The molecule has 0 bridgehead atoms. The molecule has 0 aliphatic heterocycles. The molecule has 0 saturated carbocycles. The quantitative estimate of drug-likeness (QED) is 0.447. The summed E-state index contributed by atoms with van der Waals surface area (Å²) in [6.45, 7) is 1.39. The van der Waals surface area contributed by atoms with Crippen molar-refractivity contribution >= 4 is 11.9 Å². The monoisotopic (exact) mass is 348 g/mol. The summed E-state index contributed by atoms with van der Waals surface area (Å²) in [6, 6.07) is 10.3. The van der Waals surface area contributed by atoms with Gasteiger partial charge in [0.25, 0.3) is 5.91 Å². The molecule has 0 fully saturated rings. The Hall–Kier alpha value is -3.26. The fourth-order valence-electron chi connectivity index (χ4n) is 1.86. The van der Waals surface area contributed by atoms with Gasteiger partial charge in [-0.25, -0.2) is 0 Å². The number of carboxylic acids is 1. The lowest BCUT2D eigenvalue weighted by molar-refractivity contribution is -0.142. The molecule has 0 aromatic heterocycles. The number of carbonyl (C=O) groups excluding carboxylic acids is 1. The molecule has 8 nitrogen and oxygen atoms in total. The number of aliphatic carboxylic acids is 1. The molecule has 2 aromatic rings. The lowest BCUT2D eigenvalue weighted by Crippen LogP contribution is -2.46. The first-order valence-electron chi connectivity index (χ1n) is 7.15. The number of rotatable bonds is 4. The highest BCUT2D eigenvalue weighted by Crippen LogP contribution is 2.26. The van der Waals surface area contributed by atoms with Gasteiger partial charge in [-0.3, -0.25) is 9.59 Å². The smallest absolute Gasteiger partial charge is 0.323 e. The van der Waals surface area contributed by atoms with Gasteiger partial charge in [0.1, 0.15) is 11.3 Å². The maximum Gasteiger partial charge on any atom is 0.323 e. The number of hydrogen-bond acceptors (Lipinski definition) is 6. The van der Waals surface area contributed by atoms with Crippen LogP contribution in [0.25, 0.3) is 0 Å². The fourth-order valence-corrected chi connectivity index (χ4v) is 1.86. The minimum atomic E-state index is -1.39. The van der Waals surface area contributed by atoms with E-state index in [1.807, 2.05) is 0 Å². The number of aromatic hydroxyl groups is 3. The Bertz CT molecular complexity index is 773. The third-order valence-corrected chi connectivity index (χ3v) is 3.27. The molecule has 1 atom stereocenters. The van der Waals surface area contributed by atoms with Crippen LogP contribution in [-0.4, -0.2) is 37.8 Å². The predicted octanol–water partition coefficient (Wildman–Crippen LogP) is 0.933. The zero-order chi connectivity index (χ0) is 19.2. The number of para-hydroxylation sites is 1. The van der Waals surface area contributed by atoms with Crippen LogP contribution in [0.4, 0.5) is 0 Å². The maximum atomic E-state index is 10.7. The topological polar surface area (TPSA) is 167 Å². The summed E-state index contributed by atoms with van der Waals surface area (Å²) in [5.41, 5.74) is 9.77. The summed E-state index contributed by atoms with van der Waals surface area (Å²) in [5.74, 6) is -2.33. The van der Waals surface area contributed by atoms with Crippen molar-refractivity contribution in [1.29, 1.82) is 0 Å². The van der Waals surface area contributed by atoms with E-state index in [9.17, 15) is 14.7 Å². The van der Waals surface area contributed by atoms with E-state index < -0.39 is 17.4 Å². The molecule has 134 valence electrons. The van der Waals surface area contributed by atoms with Gasteiger partial charge in [-0.1, -0.05) is 18.2 Å². The molecule has 2 aromatic carbocycles. The summed E-state index contributed by atoms with van der Waals surface area (Å²) in [6.07, 6.45) is 0.0795. The van der Waals surface area contributed by atoms with E-state index >= 15 is 0 Å². The predicted molar refractivity (Wildman–Crippen MR) is 90.3 cm³/mol. The number of nitrogens with two attached hydrogens (primary N) is 2. The molecule has 8 N–H and O–H groups in total. The van der Waals surface area contributed by atoms with E-state index in [1.54, 1.807) is 12.1 Å². The van der Waals surface area contributed by atoms with E-state index in [0.29, 0.717) is 5.56 Å². The number of carboxylic acid groups (broad SMARTS) is 1. The van der Waals surface area contributed by atoms with Crippen LogP contribution in [-0.2, 0) is 11.2 Å². The van der Waals surface area contributed by atoms with Crippen LogP contribution in [0.1, 0.15) is 22.8 Å². The molecule has 0 radical (unpaired) electrons. The molecule has 0 aliphatic rings. The van der Waals surface area contributed by atoms with Crippen LogP contribution in [0.5, 0.6) is 17.2 Å². The van der Waals surface area contributed by atoms with E-state index in [-0.39, 0.29) is 29.2 Å². The van der Waals surface area contributed by atoms with Crippen LogP contribution < -0.4 is 11.5 Å². The van der Waals surface area contributed by atoms with Crippen molar-refractivity contribution in [3.63, 3.8) is 0 Å². The number of amides is 1. The Morgan fingerprint density at radius 2 is 1.60 bits per heavy atom. The molecule has 0 unspecified atom stereocenters.